The van der Waals surface area contributed by atoms with E-state index in [1.807, 2.05) is 12.1 Å². The van der Waals surface area contributed by atoms with Gasteiger partial charge in [0.15, 0.2) is 0 Å². The maximum atomic E-state index is 12.0. The standard InChI is InChI=1S/C12H16INO2S/c13-7-2-8-14-17(15,16)12-6-5-10-3-1-4-11(10)9-12/h5-6,9,14H,1-4,7-8H2. The van der Waals surface area contributed by atoms with Crippen molar-refractivity contribution in [2.75, 3.05) is 11.0 Å². The summed E-state index contributed by atoms with van der Waals surface area (Å²) in [5.74, 6) is 0. The SMILES string of the molecule is O=S(=O)(NCCCI)c1ccc2c(c1)CCC2. The van der Waals surface area contributed by atoms with Crippen LogP contribution < -0.4 is 4.72 Å². The molecule has 0 saturated heterocycles. The average Bonchev–Trinajstić information content (AvgIpc) is 2.76. The molecule has 5 heteroatoms. The number of rotatable bonds is 5. The quantitative estimate of drug-likeness (QED) is 0.494. The summed E-state index contributed by atoms with van der Waals surface area (Å²) < 4.78 is 27.6. The van der Waals surface area contributed by atoms with Crippen molar-refractivity contribution in [3.63, 3.8) is 0 Å². The Balaban J connectivity index is 2.16. The molecular weight excluding hydrogens is 349 g/mol. The molecule has 0 heterocycles. The molecule has 0 saturated carbocycles. The zero-order valence-corrected chi connectivity index (χ0v) is 12.6. The van der Waals surface area contributed by atoms with Crippen LogP contribution in [0.5, 0.6) is 0 Å². The molecule has 1 N–H and O–H groups in total. The molecule has 0 fully saturated rings. The van der Waals surface area contributed by atoms with Gasteiger partial charge in [-0.3, -0.25) is 0 Å². The van der Waals surface area contributed by atoms with Gasteiger partial charge in [0.05, 0.1) is 4.90 Å². The van der Waals surface area contributed by atoms with E-state index in [9.17, 15) is 8.42 Å². The molecule has 1 aliphatic rings. The molecule has 0 aromatic heterocycles. The highest BCUT2D eigenvalue weighted by molar-refractivity contribution is 14.1. The van der Waals surface area contributed by atoms with Crippen LogP contribution in [0.4, 0.5) is 0 Å². The monoisotopic (exact) mass is 365 g/mol. The highest BCUT2D eigenvalue weighted by Gasteiger charge is 2.17. The number of hydrogen-bond acceptors (Lipinski definition) is 2. The molecule has 1 aromatic carbocycles. The fourth-order valence-corrected chi connectivity index (χ4v) is 3.58. The lowest BCUT2D eigenvalue weighted by molar-refractivity contribution is 0.581. The third-order valence-electron chi connectivity index (χ3n) is 2.98. The maximum absolute atomic E-state index is 12.0. The van der Waals surface area contributed by atoms with Crippen LogP contribution in [0.25, 0.3) is 0 Å². The summed E-state index contributed by atoms with van der Waals surface area (Å²) in [5, 5.41) is 0. The summed E-state index contributed by atoms with van der Waals surface area (Å²) in [4.78, 5) is 0.409. The maximum Gasteiger partial charge on any atom is 0.240 e. The lowest BCUT2D eigenvalue weighted by atomic mass is 10.1. The summed E-state index contributed by atoms with van der Waals surface area (Å²) in [7, 11) is -3.31. The van der Waals surface area contributed by atoms with Gasteiger partial charge in [-0.2, -0.15) is 0 Å². The van der Waals surface area contributed by atoms with Crippen molar-refractivity contribution in [1.29, 1.82) is 0 Å². The Morgan fingerprint density at radius 1 is 1.24 bits per heavy atom. The third-order valence-corrected chi connectivity index (χ3v) is 5.20. The normalized spacial score (nSPS) is 14.9. The first-order valence-corrected chi connectivity index (χ1v) is 8.82. The van der Waals surface area contributed by atoms with Gasteiger partial charge in [0.25, 0.3) is 0 Å². The summed E-state index contributed by atoms with van der Waals surface area (Å²) in [6.07, 6.45) is 4.09. The molecule has 1 aromatic rings. The van der Waals surface area contributed by atoms with E-state index in [0.717, 1.165) is 30.1 Å². The van der Waals surface area contributed by atoms with E-state index in [2.05, 4.69) is 27.3 Å². The van der Waals surface area contributed by atoms with Crippen LogP contribution in [0, 0.1) is 0 Å². The van der Waals surface area contributed by atoms with Gasteiger partial charge in [0.2, 0.25) is 10.0 Å². The fourth-order valence-electron chi connectivity index (χ4n) is 2.07. The van der Waals surface area contributed by atoms with E-state index in [4.69, 9.17) is 0 Å². The van der Waals surface area contributed by atoms with Crippen molar-refractivity contribution in [3.05, 3.63) is 29.3 Å². The first-order chi connectivity index (χ1) is 8.13. The minimum Gasteiger partial charge on any atom is -0.211 e. The van der Waals surface area contributed by atoms with Gasteiger partial charge in [0, 0.05) is 11.0 Å². The number of sulfonamides is 1. The van der Waals surface area contributed by atoms with E-state index in [1.165, 1.54) is 11.1 Å². The van der Waals surface area contributed by atoms with Crippen LogP contribution in [-0.2, 0) is 22.9 Å². The van der Waals surface area contributed by atoms with Crippen LogP contribution in [0.15, 0.2) is 23.1 Å². The van der Waals surface area contributed by atoms with E-state index in [-0.39, 0.29) is 0 Å². The average molecular weight is 365 g/mol. The number of hydrogen-bond donors (Lipinski definition) is 1. The second-order valence-electron chi connectivity index (χ2n) is 4.22. The third kappa shape index (κ3) is 3.20. The number of nitrogens with one attached hydrogen (secondary N) is 1. The van der Waals surface area contributed by atoms with Gasteiger partial charge in [-0.05, 0) is 48.9 Å². The summed E-state index contributed by atoms with van der Waals surface area (Å²) in [6, 6.07) is 5.50. The second-order valence-corrected chi connectivity index (χ2v) is 7.07. The highest BCUT2D eigenvalue weighted by Crippen LogP contribution is 2.24. The predicted octanol–water partition coefficient (Wildman–Crippen LogP) is 2.28. The van der Waals surface area contributed by atoms with E-state index >= 15 is 0 Å². The summed E-state index contributed by atoms with van der Waals surface area (Å²) in [5.41, 5.74) is 2.50. The molecule has 1 aliphatic carbocycles. The molecule has 94 valence electrons. The molecular formula is C12H16INO2S. The van der Waals surface area contributed by atoms with Crippen molar-refractivity contribution >= 4 is 32.6 Å². The summed E-state index contributed by atoms with van der Waals surface area (Å²) >= 11 is 2.24. The lowest BCUT2D eigenvalue weighted by Crippen LogP contribution is -2.25. The van der Waals surface area contributed by atoms with Crippen molar-refractivity contribution in [3.8, 4) is 0 Å². The number of aryl methyl sites for hydroxylation is 2. The number of halogens is 1. The van der Waals surface area contributed by atoms with E-state index in [1.54, 1.807) is 6.07 Å². The Morgan fingerprint density at radius 3 is 2.76 bits per heavy atom. The zero-order chi connectivity index (χ0) is 12.3. The Labute approximate surface area is 116 Å². The minimum atomic E-state index is -3.31. The van der Waals surface area contributed by atoms with E-state index in [0.29, 0.717) is 11.4 Å². The molecule has 2 rings (SSSR count). The molecule has 0 atom stereocenters. The van der Waals surface area contributed by atoms with Crippen LogP contribution in [-0.4, -0.2) is 19.4 Å². The van der Waals surface area contributed by atoms with Crippen molar-refractivity contribution < 1.29 is 8.42 Å². The zero-order valence-electron chi connectivity index (χ0n) is 9.58. The predicted molar refractivity (Wildman–Crippen MR) is 77.2 cm³/mol. The van der Waals surface area contributed by atoms with Crippen molar-refractivity contribution in [2.24, 2.45) is 0 Å². The van der Waals surface area contributed by atoms with Crippen LogP contribution in [0.2, 0.25) is 0 Å². The molecule has 17 heavy (non-hydrogen) atoms. The molecule has 0 bridgehead atoms. The highest BCUT2D eigenvalue weighted by atomic mass is 127. The van der Waals surface area contributed by atoms with Gasteiger partial charge >= 0.3 is 0 Å². The first-order valence-electron chi connectivity index (χ1n) is 5.81. The molecule has 0 radical (unpaired) electrons. The lowest BCUT2D eigenvalue weighted by Gasteiger charge is -2.07. The van der Waals surface area contributed by atoms with Gasteiger partial charge in [-0.15, -0.1) is 0 Å². The fraction of sp³-hybridized carbons (Fsp3) is 0.500. The Kier molecular flexibility index (Phi) is 4.43. The Hall–Kier alpha value is -0.140. The molecule has 0 amide bonds. The van der Waals surface area contributed by atoms with Gasteiger partial charge < -0.3 is 0 Å². The smallest absolute Gasteiger partial charge is 0.211 e. The largest absolute Gasteiger partial charge is 0.240 e. The van der Waals surface area contributed by atoms with Crippen molar-refractivity contribution in [1.82, 2.24) is 4.72 Å². The van der Waals surface area contributed by atoms with Crippen molar-refractivity contribution in [2.45, 2.75) is 30.6 Å². The van der Waals surface area contributed by atoms with Crippen LogP contribution in [0.1, 0.15) is 24.0 Å². The molecule has 0 aliphatic heterocycles. The second kappa shape index (κ2) is 5.67. The van der Waals surface area contributed by atoms with Gasteiger partial charge in [0.1, 0.15) is 0 Å². The van der Waals surface area contributed by atoms with E-state index < -0.39 is 10.0 Å². The minimum absolute atomic E-state index is 0.409. The van der Waals surface area contributed by atoms with Gasteiger partial charge in [-0.25, -0.2) is 13.1 Å². The number of alkyl halides is 1. The van der Waals surface area contributed by atoms with Gasteiger partial charge in [-0.1, -0.05) is 28.7 Å². The Morgan fingerprint density at radius 2 is 2.00 bits per heavy atom. The molecule has 0 unspecified atom stereocenters. The topological polar surface area (TPSA) is 46.2 Å². The first kappa shape index (κ1) is 13.3. The molecule has 3 nitrogen and oxygen atoms in total. The summed E-state index contributed by atoms with van der Waals surface area (Å²) in [6.45, 7) is 0.516. The van der Waals surface area contributed by atoms with Crippen LogP contribution in [0.3, 0.4) is 0 Å². The molecule has 0 spiro atoms. The number of benzene rings is 1. The van der Waals surface area contributed by atoms with Crippen LogP contribution >= 0.6 is 22.6 Å². The Bertz CT molecular complexity index is 499. The number of fused-ring (bicyclic) bond motifs is 1.